The zero-order chi connectivity index (χ0) is 20.1. The number of ether oxygens (including phenoxy) is 1. The van der Waals surface area contributed by atoms with Crippen LogP contribution in [0, 0.1) is 5.92 Å². The van der Waals surface area contributed by atoms with Crippen LogP contribution in [0.5, 0.6) is 5.75 Å². The fraction of sp³-hybridized carbons (Fsp3) is 0.476. The Morgan fingerprint density at radius 2 is 2.18 bits per heavy atom. The van der Waals surface area contributed by atoms with Crippen molar-refractivity contribution in [3.05, 3.63) is 47.3 Å². The van der Waals surface area contributed by atoms with E-state index >= 15 is 0 Å². The van der Waals surface area contributed by atoms with Crippen LogP contribution in [0.25, 0.3) is 0 Å². The number of para-hydroxylation sites is 1. The van der Waals surface area contributed by atoms with E-state index in [-0.39, 0.29) is 23.7 Å². The smallest absolute Gasteiger partial charge is 0.225 e. The Labute approximate surface area is 165 Å². The van der Waals surface area contributed by atoms with Crippen molar-refractivity contribution in [2.24, 2.45) is 5.92 Å². The Morgan fingerprint density at radius 3 is 2.89 bits per heavy atom. The van der Waals surface area contributed by atoms with Crippen molar-refractivity contribution < 1.29 is 18.8 Å². The molecule has 1 aromatic carbocycles. The summed E-state index contributed by atoms with van der Waals surface area (Å²) in [5.41, 5.74) is 1.80. The van der Waals surface area contributed by atoms with Gasteiger partial charge in [0, 0.05) is 31.1 Å². The lowest BCUT2D eigenvalue weighted by Crippen LogP contribution is -2.45. The van der Waals surface area contributed by atoms with Gasteiger partial charge in [0.2, 0.25) is 11.8 Å². The monoisotopic (exact) mass is 385 g/mol. The molecule has 2 heterocycles. The first-order chi connectivity index (χ1) is 13.5. The second-order valence-corrected chi connectivity index (χ2v) is 7.41. The maximum atomic E-state index is 12.6. The number of rotatable bonds is 7. The molecule has 1 saturated heterocycles. The molecule has 3 rings (SSSR count). The highest BCUT2D eigenvalue weighted by Gasteiger charge is 2.30. The highest BCUT2D eigenvalue weighted by molar-refractivity contribution is 5.83. The summed E-state index contributed by atoms with van der Waals surface area (Å²) in [7, 11) is 1.61. The van der Waals surface area contributed by atoms with E-state index < -0.39 is 0 Å². The van der Waals surface area contributed by atoms with Crippen molar-refractivity contribution in [3.8, 4) is 5.75 Å². The zero-order valence-corrected chi connectivity index (χ0v) is 16.6. The first-order valence-corrected chi connectivity index (χ1v) is 9.60. The summed E-state index contributed by atoms with van der Waals surface area (Å²) < 4.78 is 10.6. The summed E-state index contributed by atoms with van der Waals surface area (Å²) >= 11 is 0. The number of methoxy groups -OCH3 is 1. The normalized spacial score (nSPS) is 17.1. The van der Waals surface area contributed by atoms with E-state index in [2.05, 4.69) is 10.5 Å². The van der Waals surface area contributed by atoms with Crippen molar-refractivity contribution in [3.63, 3.8) is 0 Å². The largest absolute Gasteiger partial charge is 0.496 e. The Hall–Kier alpha value is -2.83. The molecule has 1 aromatic heterocycles. The third-order valence-electron chi connectivity index (χ3n) is 5.03. The molecule has 0 bridgehead atoms. The highest BCUT2D eigenvalue weighted by atomic mass is 16.5. The molecule has 1 aliphatic rings. The molecule has 0 saturated carbocycles. The van der Waals surface area contributed by atoms with Crippen LogP contribution in [0.4, 0.5) is 0 Å². The van der Waals surface area contributed by atoms with Gasteiger partial charge in [-0.1, -0.05) is 37.2 Å². The van der Waals surface area contributed by atoms with Gasteiger partial charge in [0.05, 0.1) is 25.3 Å². The molecular formula is C21H27N3O4. The number of likely N-dealkylation sites (tertiary alicyclic amines) is 1. The molecule has 0 radical (unpaired) electrons. The van der Waals surface area contributed by atoms with Crippen LogP contribution in [-0.2, 0) is 22.7 Å². The quantitative estimate of drug-likeness (QED) is 0.792. The third kappa shape index (κ3) is 4.71. The number of aromatic nitrogens is 1. The summed E-state index contributed by atoms with van der Waals surface area (Å²) in [4.78, 5) is 26.7. The van der Waals surface area contributed by atoms with Crippen molar-refractivity contribution >= 4 is 11.8 Å². The van der Waals surface area contributed by atoms with Crippen molar-refractivity contribution in [1.82, 2.24) is 15.4 Å². The van der Waals surface area contributed by atoms with Crippen LogP contribution in [0.3, 0.4) is 0 Å². The van der Waals surface area contributed by atoms with Crippen LogP contribution >= 0.6 is 0 Å². The molecule has 1 N–H and O–H groups in total. The predicted octanol–water partition coefficient (Wildman–Crippen LogP) is 2.86. The summed E-state index contributed by atoms with van der Waals surface area (Å²) in [6, 6.07) is 9.48. The second kappa shape index (κ2) is 8.91. The number of carbonyl (C=O) groups is 2. The molecule has 2 aromatic rings. The van der Waals surface area contributed by atoms with Crippen molar-refractivity contribution in [2.45, 2.75) is 45.7 Å². The van der Waals surface area contributed by atoms with Crippen molar-refractivity contribution in [2.75, 3.05) is 13.7 Å². The van der Waals surface area contributed by atoms with Gasteiger partial charge in [0.25, 0.3) is 0 Å². The summed E-state index contributed by atoms with van der Waals surface area (Å²) in [5.74, 6) is 1.41. The van der Waals surface area contributed by atoms with Gasteiger partial charge in [-0.05, 0) is 18.4 Å². The van der Waals surface area contributed by atoms with Crippen LogP contribution in [0.15, 0.2) is 34.9 Å². The van der Waals surface area contributed by atoms with Gasteiger partial charge in [0.1, 0.15) is 5.75 Å². The van der Waals surface area contributed by atoms with Crippen LogP contribution < -0.4 is 10.1 Å². The molecule has 7 nitrogen and oxygen atoms in total. The second-order valence-electron chi connectivity index (χ2n) is 7.41. The van der Waals surface area contributed by atoms with E-state index in [9.17, 15) is 9.59 Å². The van der Waals surface area contributed by atoms with Crippen molar-refractivity contribution in [1.29, 1.82) is 0 Å². The van der Waals surface area contributed by atoms with E-state index in [1.54, 1.807) is 12.0 Å². The molecule has 1 fully saturated rings. The first kappa shape index (κ1) is 19.9. The SMILES string of the molecule is COc1ccccc1CN1C[C@@H](C(=O)NCc2cc(C(C)C)no2)CCC1=O. The van der Waals surface area contributed by atoms with Crippen LogP contribution in [-0.4, -0.2) is 35.5 Å². The molecule has 2 amide bonds. The van der Waals surface area contributed by atoms with Gasteiger partial charge in [0.15, 0.2) is 5.76 Å². The predicted molar refractivity (Wildman–Crippen MR) is 104 cm³/mol. The number of nitrogens with zero attached hydrogens (tertiary/aromatic N) is 2. The average Bonchev–Trinajstić information content (AvgIpc) is 3.17. The van der Waals surface area contributed by atoms with E-state index in [4.69, 9.17) is 9.26 Å². The van der Waals surface area contributed by atoms with Gasteiger partial charge < -0.3 is 19.5 Å². The molecule has 7 heteroatoms. The number of hydrogen-bond acceptors (Lipinski definition) is 5. The minimum atomic E-state index is -0.236. The molecule has 0 aliphatic carbocycles. The maximum absolute atomic E-state index is 12.6. The third-order valence-corrected chi connectivity index (χ3v) is 5.03. The lowest BCUT2D eigenvalue weighted by molar-refractivity contribution is -0.139. The van der Waals surface area contributed by atoms with Gasteiger partial charge in [-0.15, -0.1) is 0 Å². The van der Waals surface area contributed by atoms with Gasteiger partial charge in [-0.3, -0.25) is 9.59 Å². The molecular weight excluding hydrogens is 358 g/mol. The number of carbonyl (C=O) groups excluding carboxylic acids is 2. The van der Waals surface area contributed by atoms with Gasteiger partial charge in [-0.2, -0.15) is 0 Å². The number of nitrogens with one attached hydrogen (secondary N) is 1. The Balaban J connectivity index is 1.58. The van der Waals surface area contributed by atoms with Gasteiger partial charge in [-0.25, -0.2) is 0 Å². The molecule has 150 valence electrons. The standard InChI is InChI=1S/C21H27N3O4/c1-14(2)18-10-17(28-23-18)11-22-21(26)16-8-9-20(25)24(13-16)12-15-6-4-5-7-19(15)27-3/h4-7,10,14,16H,8-9,11-13H2,1-3H3,(H,22,26)/t16-/m0/s1. The Kier molecular flexibility index (Phi) is 6.34. The minimum absolute atomic E-state index is 0.0618. The fourth-order valence-corrected chi connectivity index (χ4v) is 3.32. The summed E-state index contributed by atoms with van der Waals surface area (Å²) in [6.45, 7) is 5.21. The lowest BCUT2D eigenvalue weighted by Gasteiger charge is -2.32. The molecule has 28 heavy (non-hydrogen) atoms. The first-order valence-electron chi connectivity index (χ1n) is 9.60. The number of piperidine rings is 1. The molecule has 1 atom stereocenters. The summed E-state index contributed by atoms with van der Waals surface area (Å²) in [5, 5.41) is 6.91. The Bertz CT molecular complexity index is 831. The highest BCUT2D eigenvalue weighted by Crippen LogP contribution is 2.24. The number of hydrogen-bond donors (Lipinski definition) is 1. The Morgan fingerprint density at radius 1 is 1.39 bits per heavy atom. The fourth-order valence-electron chi connectivity index (χ4n) is 3.32. The minimum Gasteiger partial charge on any atom is -0.496 e. The molecule has 1 aliphatic heterocycles. The summed E-state index contributed by atoms with van der Waals surface area (Å²) in [6.07, 6.45) is 0.924. The lowest BCUT2D eigenvalue weighted by atomic mass is 9.96. The van der Waals surface area contributed by atoms with E-state index in [1.165, 1.54) is 0 Å². The average molecular weight is 385 g/mol. The topological polar surface area (TPSA) is 84.7 Å². The number of amides is 2. The number of benzene rings is 1. The molecule has 0 unspecified atom stereocenters. The van der Waals surface area contributed by atoms with E-state index in [0.717, 1.165) is 17.0 Å². The van der Waals surface area contributed by atoms with E-state index in [0.29, 0.717) is 38.2 Å². The van der Waals surface area contributed by atoms with Crippen LogP contribution in [0.1, 0.15) is 49.6 Å². The van der Waals surface area contributed by atoms with Gasteiger partial charge >= 0.3 is 0 Å². The zero-order valence-electron chi connectivity index (χ0n) is 16.6. The molecule has 0 spiro atoms. The van der Waals surface area contributed by atoms with Crippen LogP contribution in [0.2, 0.25) is 0 Å². The van der Waals surface area contributed by atoms with E-state index in [1.807, 2.05) is 44.2 Å². The maximum Gasteiger partial charge on any atom is 0.225 e.